The maximum atomic E-state index is 11.7. The van der Waals surface area contributed by atoms with Crippen LogP contribution in [-0.4, -0.2) is 27.7 Å². The number of fused-ring (bicyclic) bond motifs is 1. The number of aromatic nitrogens is 2. The summed E-state index contributed by atoms with van der Waals surface area (Å²) in [5.41, 5.74) is 1.21. The van der Waals surface area contributed by atoms with Gasteiger partial charge in [0.15, 0.2) is 5.65 Å². The van der Waals surface area contributed by atoms with Crippen LogP contribution >= 0.6 is 0 Å². The lowest BCUT2D eigenvalue weighted by molar-refractivity contribution is 0.0465. The smallest absolute Gasteiger partial charge is 0.407 e. The number of hydrogen-bond donors (Lipinski definition) is 1. The molecule has 0 spiro atoms. The van der Waals surface area contributed by atoms with E-state index >= 15 is 0 Å². The highest BCUT2D eigenvalue weighted by atomic mass is 16.6. The average molecular weight is 325 g/mol. The summed E-state index contributed by atoms with van der Waals surface area (Å²) in [7, 11) is 0. The van der Waals surface area contributed by atoms with Gasteiger partial charge >= 0.3 is 6.09 Å². The fourth-order valence-electron chi connectivity index (χ4n) is 2.71. The number of hydrogen-bond acceptors (Lipinski definition) is 4. The molecule has 0 atom stereocenters. The number of pyridine rings is 2. The molecule has 5 heteroatoms. The van der Waals surface area contributed by atoms with Crippen molar-refractivity contribution in [3.63, 3.8) is 0 Å². The van der Waals surface area contributed by atoms with Crippen LogP contribution in [0.4, 0.5) is 4.79 Å². The monoisotopic (exact) mass is 325 g/mol. The second-order valence-corrected chi connectivity index (χ2v) is 7.22. The Labute approximate surface area is 142 Å². The molecule has 0 radical (unpaired) electrons. The van der Waals surface area contributed by atoms with Crippen LogP contribution in [0.5, 0.6) is 0 Å². The van der Waals surface area contributed by atoms with Crippen molar-refractivity contribution >= 4 is 23.2 Å². The van der Waals surface area contributed by atoms with E-state index in [0.717, 1.165) is 29.6 Å². The maximum absolute atomic E-state index is 11.7. The van der Waals surface area contributed by atoms with E-state index in [2.05, 4.69) is 21.4 Å². The number of alkyl carbamates (subject to hydrolysis) is 1. The third-order valence-electron chi connectivity index (χ3n) is 3.92. The Morgan fingerprint density at radius 3 is 2.83 bits per heavy atom. The molecule has 1 aliphatic rings. The zero-order valence-corrected chi connectivity index (χ0v) is 14.3. The van der Waals surface area contributed by atoms with E-state index < -0.39 is 5.60 Å². The Bertz CT molecular complexity index is 759. The lowest BCUT2D eigenvalue weighted by atomic mass is 9.80. The highest BCUT2D eigenvalue weighted by molar-refractivity contribution is 5.75. The second-order valence-electron chi connectivity index (χ2n) is 7.22. The van der Waals surface area contributed by atoms with E-state index in [1.54, 1.807) is 6.20 Å². The van der Waals surface area contributed by atoms with Crippen molar-refractivity contribution in [1.29, 1.82) is 0 Å². The number of amides is 1. The first kappa shape index (κ1) is 16.4. The molecular weight excluding hydrogens is 302 g/mol. The fourth-order valence-corrected chi connectivity index (χ4v) is 2.71. The highest BCUT2D eigenvalue weighted by Gasteiger charge is 2.29. The predicted octanol–water partition coefficient (Wildman–Crippen LogP) is 3.95. The van der Waals surface area contributed by atoms with Crippen LogP contribution in [-0.2, 0) is 4.74 Å². The van der Waals surface area contributed by atoms with Gasteiger partial charge in [-0.1, -0.05) is 6.08 Å². The Hall–Kier alpha value is -2.43. The molecule has 5 nitrogen and oxygen atoms in total. The van der Waals surface area contributed by atoms with Gasteiger partial charge in [-0.3, -0.25) is 0 Å². The lowest BCUT2D eigenvalue weighted by Crippen LogP contribution is -2.45. The molecule has 1 aliphatic carbocycles. The van der Waals surface area contributed by atoms with Crippen molar-refractivity contribution in [3.05, 3.63) is 42.2 Å². The fraction of sp³-hybridized carbons (Fsp3) is 0.421. The summed E-state index contributed by atoms with van der Waals surface area (Å²) in [4.78, 5) is 20.5. The van der Waals surface area contributed by atoms with Crippen LogP contribution < -0.4 is 5.32 Å². The van der Waals surface area contributed by atoms with Gasteiger partial charge in [0.05, 0.1) is 5.69 Å². The zero-order valence-electron chi connectivity index (χ0n) is 14.3. The predicted molar refractivity (Wildman–Crippen MR) is 94.5 cm³/mol. The summed E-state index contributed by atoms with van der Waals surface area (Å²) < 4.78 is 5.26. The molecule has 2 aromatic rings. The maximum Gasteiger partial charge on any atom is 0.407 e. The lowest BCUT2D eigenvalue weighted by Gasteiger charge is -2.34. The van der Waals surface area contributed by atoms with Crippen molar-refractivity contribution in [2.75, 3.05) is 0 Å². The van der Waals surface area contributed by atoms with E-state index in [0.29, 0.717) is 5.92 Å². The van der Waals surface area contributed by atoms with Crippen LogP contribution in [0.15, 0.2) is 36.5 Å². The van der Waals surface area contributed by atoms with Crippen LogP contribution in [0, 0.1) is 5.92 Å². The molecule has 1 amide bonds. The Morgan fingerprint density at radius 2 is 2.08 bits per heavy atom. The van der Waals surface area contributed by atoms with Crippen molar-refractivity contribution in [2.24, 2.45) is 5.92 Å². The van der Waals surface area contributed by atoms with E-state index in [-0.39, 0.29) is 12.1 Å². The van der Waals surface area contributed by atoms with Gasteiger partial charge in [0.1, 0.15) is 5.60 Å². The van der Waals surface area contributed by atoms with Gasteiger partial charge in [-0.15, -0.1) is 0 Å². The first-order chi connectivity index (χ1) is 11.4. The first-order valence-corrected chi connectivity index (χ1v) is 8.28. The van der Waals surface area contributed by atoms with Crippen LogP contribution in [0.3, 0.4) is 0 Å². The molecule has 1 N–H and O–H groups in total. The molecule has 0 unspecified atom stereocenters. The van der Waals surface area contributed by atoms with Gasteiger partial charge < -0.3 is 10.1 Å². The number of carbonyl (C=O) groups is 1. The van der Waals surface area contributed by atoms with Gasteiger partial charge in [-0.2, -0.15) is 0 Å². The number of nitrogens with one attached hydrogen (secondary N) is 1. The standard InChI is InChI=1S/C19H23N3O2/c1-19(2,3)24-18(23)22-16-11-13(12-16)6-8-15-9-7-14-5-4-10-20-17(14)21-15/h4-10,13,16H,11-12H2,1-3H3,(H,22,23)/b8-6+. The average Bonchev–Trinajstić information content (AvgIpc) is 2.47. The van der Waals surface area contributed by atoms with Crippen LogP contribution in [0.1, 0.15) is 39.3 Å². The summed E-state index contributed by atoms with van der Waals surface area (Å²) in [6, 6.07) is 8.13. The normalized spacial score (nSPS) is 20.8. The Morgan fingerprint density at radius 1 is 1.29 bits per heavy atom. The van der Waals surface area contributed by atoms with Crippen molar-refractivity contribution in [3.8, 4) is 0 Å². The largest absolute Gasteiger partial charge is 0.444 e. The number of carbonyl (C=O) groups excluding carboxylic acids is 1. The molecule has 24 heavy (non-hydrogen) atoms. The number of rotatable bonds is 3. The van der Waals surface area contributed by atoms with Gasteiger partial charge in [0, 0.05) is 17.6 Å². The van der Waals surface area contributed by atoms with Gasteiger partial charge in [-0.05, 0) is 69.9 Å². The van der Waals surface area contributed by atoms with Gasteiger partial charge in [0.2, 0.25) is 0 Å². The first-order valence-electron chi connectivity index (χ1n) is 8.28. The second kappa shape index (κ2) is 6.59. The van der Waals surface area contributed by atoms with Gasteiger partial charge in [-0.25, -0.2) is 14.8 Å². The quantitative estimate of drug-likeness (QED) is 0.928. The zero-order chi connectivity index (χ0) is 17.2. The van der Waals surface area contributed by atoms with E-state index in [9.17, 15) is 4.79 Å². The number of ether oxygens (including phenoxy) is 1. The Balaban J connectivity index is 1.49. The summed E-state index contributed by atoms with van der Waals surface area (Å²) in [5.74, 6) is 0.464. The van der Waals surface area contributed by atoms with Crippen molar-refractivity contribution < 1.29 is 9.53 Å². The molecule has 0 saturated heterocycles. The van der Waals surface area contributed by atoms with Crippen molar-refractivity contribution in [1.82, 2.24) is 15.3 Å². The molecule has 0 bridgehead atoms. The third-order valence-corrected chi connectivity index (χ3v) is 3.92. The van der Waals surface area contributed by atoms with E-state index in [1.165, 1.54) is 0 Å². The molecular formula is C19H23N3O2. The molecule has 3 rings (SSSR count). The van der Waals surface area contributed by atoms with E-state index in [4.69, 9.17) is 4.74 Å². The highest BCUT2D eigenvalue weighted by Crippen LogP contribution is 2.29. The molecule has 0 aromatic carbocycles. The van der Waals surface area contributed by atoms with E-state index in [1.807, 2.05) is 51.1 Å². The summed E-state index contributed by atoms with van der Waals surface area (Å²) in [5, 5.41) is 3.95. The summed E-state index contributed by atoms with van der Waals surface area (Å²) >= 11 is 0. The number of nitrogens with zero attached hydrogens (tertiary/aromatic N) is 2. The Kier molecular flexibility index (Phi) is 4.51. The third kappa shape index (κ3) is 4.31. The molecule has 1 saturated carbocycles. The molecule has 126 valence electrons. The SMILES string of the molecule is CC(C)(C)OC(=O)NC1CC(/C=C/c2ccc3cccnc3n2)C1. The molecule has 0 aliphatic heterocycles. The summed E-state index contributed by atoms with van der Waals surface area (Å²) in [6.45, 7) is 5.60. The summed E-state index contributed by atoms with van der Waals surface area (Å²) in [6.07, 6.45) is 7.47. The molecule has 2 heterocycles. The molecule has 1 fully saturated rings. The van der Waals surface area contributed by atoms with Crippen LogP contribution in [0.25, 0.3) is 17.1 Å². The van der Waals surface area contributed by atoms with Crippen LogP contribution in [0.2, 0.25) is 0 Å². The number of allylic oxidation sites excluding steroid dienone is 1. The topological polar surface area (TPSA) is 64.1 Å². The molecule has 2 aromatic heterocycles. The minimum absolute atomic E-state index is 0.195. The van der Waals surface area contributed by atoms with Gasteiger partial charge in [0.25, 0.3) is 0 Å². The minimum atomic E-state index is -0.455. The minimum Gasteiger partial charge on any atom is -0.444 e. The van der Waals surface area contributed by atoms with Crippen molar-refractivity contribution in [2.45, 2.75) is 45.3 Å².